The van der Waals surface area contributed by atoms with Gasteiger partial charge in [0.1, 0.15) is 0 Å². The second-order valence-corrected chi connectivity index (χ2v) is 12.0. The highest BCUT2D eigenvalue weighted by Gasteiger charge is 2.36. The lowest BCUT2D eigenvalue weighted by Crippen LogP contribution is -2.25. The molecule has 5 nitrogen and oxygen atoms in total. The Bertz CT molecular complexity index is 1540. The Morgan fingerprint density at radius 3 is 2.26 bits per heavy atom. The molecule has 34 heavy (non-hydrogen) atoms. The van der Waals surface area contributed by atoms with Crippen molar-refractivity contribution in [2.75, 3.05) is 6.26 Å². The third kappa shape index (κ3) is 4.30. The van der Waals surface area contributed by atoms with Gasteiger partial charge in [0.15, 0.2) is 0 Å². The van der Waals surface area contributed by atoms with Crippen molar-refractivity contribution in [3.63, 3.8) is 0 Å². The molecule has 0 radical (unpaired) electrons. The molecule has 3 aromatic carbocycles. The summed E-state index contributed by atoms with van der Waals surface area (Å²) in [5.41, 5.74) is 6.22. The number of hydrogen-bond acceptors (Lipinski definition) is 4. The van der Waals surface area contributed by atoms with E-state index in [-0.39, 0.29) is 0 Å². The quantitative estimate of drug-likeness (QED) is 0.258. The number of aromatic nitrogens is 1. The van der Waals surface area contributed by atoms with Crippen LogP contribution in [-0.2, 0) is 10.0 Å². The van der Waals surface area contributed by atoms with E-state index in [1.807, 2.05) is 61.5 Å². The summed E-state index contributed by atoms with van der Waals surface area (Å²) in [6.45, 7) is 1.96. The van der Waals surface area contributed by atoms with Crippen LogP contribution < -0.4 is 0 Å². The van der Waals surface area contributed by atoms with Crippen LogP contribution in [0.4, 0.5) is 0 Å². The van der Waals surface area contributed by atoms with Crippen LogP contribution in [-0.4, -0.2) is 29.8 Å². The van der Waals surface area contributed by atoms with Gasteiger partial charge in [0, 0.05) is 37.6 Å². The summed E-state index contributed by atoms with van der Waals surface area (Å²) in [6.07, 6.45) is 1.66. The van der Waals surface area contributed by atoms with E-state index in [9.17, 15) is 8.42 Å². The summed E-state index contributed by atoms with van der Waals surface area (Å²) >= 11 is 7.06. The van der Waals surface area contributed by atoms with Gasteiger partial charge in [-0.15, -0.1) is 0 Å². The van der Waals surface area contributed by atoms with E-state index < -0.39 is 16.1 Å². The van der Waals surface area contributed by atoms with Crippen LogP contribution in [0.1, 0.15) is 29.3 Å². The second-order valence-electron chi connectivity index (χ2n) is 8.33. The summed E-state index contributed by atoms with van der Waals surface area (Å²) in [6, 6.07) is 23.4. The highest BCUT2D eigenvalue weighted by atomic mass is 79.9. The van der Waals surface area contributed by atoms with E-state index in [4.69, 9.17) is 4.98 Å². The molecule has 0 amide bonds. The fourth-order valence-electron chi connectivity index (χ4n) is 4.49. The molecule has 1 aliphatic rings. The number of rotatable bonds is 4. The third-order valence-electron chi connectivity index (χ3n) is 5.95. The minimum atomic E-state index is -3.58. The minimum absolute atomic E-state index is 0.417. The normalized spacial score (nSPS) is 16.2. The zero-order valence-corrected chi connectivity index (χ0v) is 22.5. The fraction of sp³-hybridized carbons (Fsp3) is 0.154. The van der Waals surface area contributed by atoms with Gasteiger partial charge in [-0.05, 0) is 48.4 Å². The zero-order chi connectivity index (χ0) is 24.0. The maximum atomic E-state index is 12.7. The Labute approximate surface area is 215 Å². The van der Waals surface area contributed by atoms with Crippen molar-refractivity contribution in [1.29, 1.82) is 0 Å². The molecule has 5 rings (SSSR count). The molecule has 1 aliphatic heterocycles. The number of nitrogens with zero attached hydrogens (tertiary/aromatic N) is 3. The Morgan fingerprint density at radius 2 is 1.59 bits per heavy atom. The fourth-order valence-corrected chi connectivity index (χ4v) is 6.03. The standard InChI is InChI=1S/C26H21Br2N3O2S/c1-16-25(23-15-24(31(30-23)34(2,32)33)17-8-10-19(27)11-9-17)26(18-6-4-3-5-7-18)21-14-20(28)12-13-22(21)29-16/h3-14,24H,15H2,1-2H3/t24-/m0/s1. The average Bonchev–Trinajstić information content (AvgIpc) is 3.25. The minimum Gasteiger partial charge on any atom is -0.252 e. The smallest absolute Gasteiger partial charge is 0.247 e. The second kappa shape index (κ2) is 8.91. The van der Waals surface area contributed by atoms with Gasteiger partial charge in [-0.3, -0.25) is 4.98 Å². The lowest BCUT2D eigenvalue weighted by atomic mass is 9.89. The first-order valence-electron chi connectivity index (χ1n) is 10.7. The summed E-state index contributed by atoms with van der Waals surface area (Å²) in [4.78, 5) is 4.87. The molecule has 8 heteroatoms. The van der Waals surface area contributed by atoms with Gasteiger partial charge in [-0.25, -0.2) is 8.42 Å². The number of halogens is 2. The van der Waals surface area contributed by atoms with Gasteiger partial charge < -0.3 is 0 Å². The summed E-state index contributed by atoms with van der Waals surface area (Å²) < 4.78 is 28.6. The summed E-state index contributed by atoms with van der Waals surface area (Å²) in [7, 11) is -3.58. The molecule has 1 aromatic heterocycles. The van der Waals surface area contributed by atoms with Crippen LogP contribution in [0.15, 0.2) is 86.8 Å². The molecule has 0 saturated carbocycles. The van der Waals surface area contributed by atoms with Crippen molar-refractivity contribution in [3.05, 3.63) is 98.6 Å². The van der Waals surface area contributed by atoms with Crippen LogP contribution in [0.2, 0.25) is 0 Å². The first-order valence-corrected chi connectivity index (χ1v) is 14.1. The lowest BCUT2D eigenvalue weighted by molar-refractivity contribution is 0.375. The van der Waals surface area contributed by atoms with Crippen molar-refractivity contribution in [3.8, 4) is 11.1 Å². The Hall–Kier alpha value is -2.55. The van der Waals surface area contributed by atoms with Gasteiger partial charge in [0.05, 0.1) is 23.5 Å². The van der Waals surface area contributed by atoms with Crippen LogP contribution in [0.3, 0.4) is 0 Å². The molecule has 172 valence electrons. The highest BCUT2D eigenvalue weighted by Crippen LogP contribution is 2.40. The largest absolute Gasteiger partial charge is 0.252 e. The Morgan fingerprint density at radius 1 is 0.912 bits per heavy atom. The summed E-state index contributed by atoms with van der Waals surface area (Å²) in [5, 5.41) is 5.67. The molecule has 0 N–H and O–H groups in total. The molecule has 0 fully saturated rings. The topological polar surface area (TPSA) is 62.6 Å². The Kier molecular flexibility index (Phi) is 6.08. The van der Waals surface area contributed by atoms with E-state index in [1.54, 1.807) is 0 Å². The maximum Gasteiger partial charge on any atom is 0.247 e. The molecule has 0 bridgehead atoms. The van der Waals surface area contributed by atoms with E-state index in [0.29, 0.717) is 12.1 Å². The monoisotopic (exact) mass is 597 g/mol. The Balaban J connectivity index is 1.75. The van der Waals surface area contributed by atoms with Crippen LogP contribution in [0.25, 0.3) is 22.0 Å². The number of aryl methyl sites for hydroxylation is 1. The molecule has 4 aromatic rings. The average molecular weight is 599 g/mol. The third-order valence-corrected chi connectivity index (χ3v) is 7.98. The van der Waals surface area contributed by atoms with Crippen LogP contribution >= 0.6 is 31.9 Å². The molecule has 0 spiro atoms. The molecule has 1 atom stereocenters. The van der Waals surface area contributed by atoms with Crippen LogP contribution in [0.5, 0.6) is 0 Å². The highest BCUT2D eigenvalue weighted by molar-refractivity contribution is 9.10. The van der Waals surface area contributed by atoms with Gasteiger partial charge in [0.25, 0.3) is 0 Å². The first-order chi connectivity index (χ1) is 16.2. The number of sulfonamides is 1. The van der Waals surface area contributed by atoms with Gasteiger partial charge >= 0.3 is 0 Å². The number of benzene rings is 3. The van der Waals surface area contributed by atoms with E-state index in [0.717, 1.165) is 47.8 Å². The predicted molar refractivity (Wildman–Crippen MR) is 144 cm³/mol. The van der Waals surface area contributed by atoms with Gasteiger partial charge in [0.2, 0.25) is 10.0 Å². The van der Waals surface area contributed by atoms with Gasteiger partial charge in [-0.1, -0.05) is 74.3 Å². The van der Waals surface area contributed by atoms with Crippen molar-refractivity contribution in [2.45, 2.75) is 19.4 Å². The molecular formula is C26H21Br2N3O2S. The number of pyridine rings is 1. The lowest BCUT2D eigenvalue weighted by Gasteiger charge is -2.21. The van der Waals surface area contributed by atoms with Crippen LogP contribution in [0, 0.1) is 6.92 Å². The van der Waals surface area contributed by atoms with Gasteiger partial charge in [-0.2, -0.15) is 9.52 Å². The van der Waals surface area contributed by atoms with Crippen molar-refractivity contribution >= 4 is 58.5 Å². The molecule has 0 unspecified atom stereocenters. The maximum absolute atomic E-state index is 12.7. The zero-order valence-electron chi connectivity index (χ0n) is 18.5. The van der Waals surface area contributed by atoms with Crippen molar-refractivity contribution in [1.82, 2.24) is 9.40 Å². The number of hydrazone groups is 1. The van der Waals surface area contributed by atoms with Crippen molar-refractivity contribution < 1.29 is 8.42 Å². The first kappa shape index (κ1) is 23.2. The van der Waals surface area contributed by atoms with Crippen molar-refractivity contribution in [2.24, 2.45) is 5.10 Å². The van der Waals surface area contributed by atoms with E-state index >= 15 is 0 Å². The van der Waals surface area contributed by atoms with E-state index in [1.165, 1.54) is 10.7 Å². The molecule has 0 saturated heterocycles. The molecule has 2 heterocycles. The van der Waals surface area contributed by atoms with E-state index in [2.05, 4.69) is 55.2 Å². The predicted octanol–water partition coefficient (Wildman–Crippen LogP) is 6.85. The molecular weight excluding hydrogens is 578 g/mol. The SMILES string of the molecule is Cc1nc2ccc(Br)cc2c(-c2ccccc2)c1C1=NN(S(C)(=O)=O)[C@H](c2ccc(Br)cc2)C1. The number of fused-ring (bicyclic) bond motifs is 1. The number of hydrogen-bond donors (Lipinski definition) is 0. The summed E-state index contributed by atoms with van der Waals surface area (Å²) in [5.74, 6) is 0. The molecule has 0 aliphatic carbocycles.